The lowest BCUT2D eigenvalue weighted by Gasteiger charge is -2.05. The normalized spacial score (nSPS) is 12.2. The molecule has 0 radical (unpaired) electrons. The zero-order valence-corrected chi connectivity index (χ0v) is 6.53. The second-order valence-electron chi connectivity index (χ2n) is 2.07. The average molecular weight is 169 g/mol. The monoisotopic (exact) mass is 169 g/mol. The molecule has 1 rings (SSSR count). The van der Waals surface area contributed by atoms with Gasteiger partial charge in [0.2, 0.25) is 0 Å². The average Bonchev–Trinajstić information content (AvgIpc) is 2.17. The van der Waals surface area contributed by atoms with Crippen molar-refractivity contribution in [2.45, 2.75) is 0 Å². The molecule has 3 nitrogen and oxygen atoms in total. The highest BCUT2D eigenvalue weighted by molar-refractivity contribution is 5.20. The van der Waals surface area contributed by atoms with Gasteiger partial charge in [0.15, 0.2) is 18.3 Å². The summed E-state index contributed by atoms with van der Waals surface area (Å²) in [6.07, 6.45) is 2.85. The molecule has 0 unspecified atom stereocenters. The molecule has 12 heavy (non-hydrogen) atoms. The van der Waals surface area contributed by atoms with Crippen LogP contribution in [-0.4, -0.2) is 7.11 Å². The topological polar surface area (TPSA) is 36.2 Å². The number of rotatable bonds is 2. The first kappa shape index (κ1) is 8.52. The Labute approximate surface area is 69.3 Å². The molecule has 0 bridgehead atoms. The van der Waals surface area contributed by atoms with Crippen molar-refractivity contribution in [1.82, 2.24) is 0 Å². The molecule has 0 atom stereocenters. The van der Waals surface area contributed by atoms with Crippen molar-refractivity contribution in [3.63, 3.8) is 0 Å². The van der Waals surface area contributed by atoms with Crippen molar-refractivity contribution in [3.8, 4) is 0 Å². The van der Waals surface area contributed by atoms with E-state index < -0.39 is 11.9 Å². The fourth-order valence-corrected chi connectivity index (χ4v) is 0.719. The predicted molar refractivity (Wildman–Crippen MR) is 38.0 cm³/mol. The van der Waals surface area contributed by atoms with Gasteiger partial charge in [0.1, 0.15) is 0 Å². The molecular formula is C8H8FNO2. The number of nitrogens with zero attached hydrogens (tertiary/aromatic N) is 1. The molecule has 0 aliphatic carbocycles. The maximum atomic E-state index is 12.9. The molecule has 0 saturated carbocycles. The van der Waals surface area contributed by atoms with E-state index in [2.05, 4.69) is 4.74 Å². The van der Waals surface area contributed by atoms with Crippen LogP contribution in [-0.2, 0) is 4.74 Å². The number of hydrogen-bond donors (Lipinski definition) is 0. The van der Waals surface area contributed by atoms with Gasteiger partial charge in [-0.3, -0.25) is 0 Å². The number of halogens is 1. The molecule has 0 N–H and O–H groups in total. The Morgan fingerprint density at radius 3 is 2.42 bits per heavy atom. The van der Waals surface area contributed by atoms with Crippen LogP contribution in [0.25, 0.3) is 5.95 Å². The standard InChI is InChI=1S/C8H8FNO2/c1-12-8(11)7(9)10-5-3-2-4-6-10/h2-6H,1H3/b8-7+. The molecule has 0 aliphatic rings. The quantitative estimate of drug-likeness (QED) is 0.462. The molecule has 0 saturated heterocycles. The van der Waals surface area contributed by atoms with Crippen LogP contribution >= 0.6 is 0 Å². The van der Waals surface area contributed by atoms with Gasteiger partial charge in [0, 0.05) is 12.1 Å². The number of ether oxygens (including phenoxy) is 1. The summed E-state index contributed by atoms with van der Waals surface area (Å²) in [6.45, 7) is 0. The highest BCUT2D eigenvalue weighted by atomic mass is 19.1. The van der Waals surface area contributed by atoms with E-state index in [1.807, 2.05) is 0 Å². The van der Waals surface area contributed by atoms with Crippen LogP contribution in [0, 0.1) is 0 Å². The van der Waals surface area contributed by atoms with E-state index in [1.54, 1.807) is 18.2 Å². The molecule has 0 amide bonds. The summed E-state index contributed by atoms with van der Waals surface area (Å²) in [7, 11) is 1.13. The lowest BCUT2D eigenvalue weighted by atomic mass is 10.5. The minimum absolute atomic E-state index is 0.946. The molecule has 1 heterocycles. The van der Waals surface area contributed by atoms with Gasteiger partial charge in [0.05, 0.1) is 0 Å². The number of pyridine rings is 1. The first-order valence-corrected chi connectivity index (χ1v) is 3.33. The number of methoxy groups -OCH3 is 1. The van der Waals surface area contributed by atoms with Gasteiger partial charge in [-0.25, -0.2) is 0 Å². The maximum absolute atomic E-state index is 12.9. The first-order valence-electron chi connectivity index (χ1n) is 3.33. The van der Waals surface area contributed by atoms with E-state index in [9.17, 15) is 9.50 Å². The van der Waals surface area contributed by atoms with Gasteiger partial charge >= 0.3 is 5.95 Å². The zero-order valence-electron chi connectivity index (χ0n) is 6.53. The summed E-state index contributed by atoms with van der Waals surface area (Å²) in [6, 6.07) is 4.95. The van der Waals surface area contributed by atoms with Crippen LogP contribution in [0.4, 0.5) is 4.39 Å². The molecule has 0 fully saturated rings. The Hall–Kier alpha value is -1.58. The van der Waals surface area contributed by atoms with Gasteiger partial charge < -0.3 is 9.84 Å². The predicted octanol–water partition coefficient (Wildman–Crippen LogP) is 0.0339. The lowest BCUT2D eigenvalue weighted by molar-refractivity contribution is -0.601. The zero-order chi connectivity index (χ0) is 8.97. The third-order valence-electron chi connectivity index (χ3n) is 1.30. The summed E-state index contributed by atoms with van der Waals surface area (Å²) in [5, 5.41) is 10.7. The van der Waals surface area contributed by atoms with Gasteiger partial charge in [0.25, 0.3) is 0 Å². The Bertz CT molecular complexity index is 284. The van der Waals surface area contributed by atoms with E-state index in [0.717, 1.165) is 11.7 Å². The smallest absolute Gasteiger partial charge is 0.387 e. The van der Waals surface area contributed by atoms with Crippen LogP contribution in [0.15, 0.2) is 36.5 Å². The highest BCUT2D eigenvalue weighted by Crippen LogP contribution is 1.98. The summed E-state index contributed by atoms with van der Waals surface area (Å²) in [4.78, 5) is 0. The van der Waals surface area contributed by atoms with Crippen LogP contribution in [0.2, 0.25) is 0 Å². The first-order chi connectivity index (χ1) is 5.75. The fraction of sp³-hybridized carbons (Fsp3) is 0.125. The molecule has 1 aromatic rings. The van der Waals surface area contributed by atoms with Gasteiger partial charge in [-0.1, -0.05) is 6.07 Å². The van der Waals surface area contributed by atoms with Crippen LogP contribution < -0.4 is 9.67 Å². The van der Waals surface area contributed by atoms with Crippen LogP contribution in [0.1, 0.15) is 0 Å². The molecule has 0 aliphatic heterocycles. The third kappa shape index (κ3) is 1.72. The highest BCUT2D eigenvalue weighted by Gasteiger charge is 2.08. The molecule has 1 aromatic heterocycles. The van der Waals surface area contributed by atoms with E-state index in [-0.39, 0.29) is 0 Å². The Morgan fingerprint density at radius 2 is 1.92 bits per heavy atom. The maximum Gasteiger partial charge on any atom is 0.387 e. The Balaban J connectivity index is 3.00. The Morgan fingerprint density at radius 1 is 1.33 bits per heavy atom. The van der Waals surface area contributed by atoms with Crippen molar-refractivity contribution in [2.75, 3.05) is 7.11 Å². The second-order valence-corrected chi connectivity index (χ2v) is 2.07. The minimum Gasteiger partial charge on any atom is -0.610 e. The van der Waals surface area contributed by atoms with Crippen LogP contribution in [0.5, 0.6) is 0 Å². The van der Waals surface area contributed by atoms with Crippen molar-refractivity contribution in [3.05, 3.63) is 36.5 Å². The van der Waals surface area contributed by atoms with Crippen molar-refractivity contribution < 1.29 is 18.8 Å². The lowest BCUT2D eigenvalue weighted by Crippen LogP contribution is -2.32. The number of hydrogen-bond acceptors (Lipinski definition) is 2. The third-order valence-corrected chi connectivity index (χ3v) is 1.30. The molecule has 4 heteroatoms. The number of aromatic nitrogens is 1. The summed E-state index contributed by atoms with van der Waals surface area (Å²) in [5.41, 5.74) is 0. The van der Waals surface area contributed by atoms with Crippen molar-refractivity contribution in [1.29, 1.82) is 0 Å². The van der Waals surface area contributed by atoms with E-state index in [1.165, 1.54) is 12.4 Å². The molecule has 64 valence electrons. The second kappa shape index (κ2) is 3.71. The van der Waals surface area contributed by atoms with Crippen molar-refractivity contribution in [2.24, 2.45) is 0 Å². The fourth-order valence-electron chi connectivity index (χ4n) is 0.719. The van der Waals surface area contributed by atoms with E-state index in [0.29, 0.717) is 0 Å². The summed E-state index contributed by atoms with van der Waals surface area (Å²) in [5.74, 6) is -1.93. The van der Waals surface area contributed by atoms with E-state index in [4.69, 9.17) is 0 Å². The summed E-state index contributed by atoms with van der Waals surface area (Å²) >= 11 is 0. The van der Waals surface area contributed by atoms with Gasteiger partial charge in [-0.2, -0.15) is 0 Å². The molecule has 0 aromatic carbocycles. The van der Waals surface area contributed by atoms with Gasteiger partial charge in [-0.15, -0.1) is 8.96 Å². The minimum atomic E-state index is -0.980. The largest absolute Gasteiger partial charge is 0.610 e. The van der Waals surface area contributed by atoms with Crippen LogP contribution in [0.3, 0.4) is 0 Å². The summed E-state index contributed by atoms with van der Waals surface area (Å²) < 4.78 is 18.2. The SMILES string of the molecule is CO/C([O-])=C(\F)[n+]1ccccc1. The molecular weight excluding hydrogens is 161 g/mol. The molecule has 0 spiro atoms. The van der Waals surface area contributed by atoms with Crippen molar-refractivity contribution >= 4 is 5.95 Å². The Kier molecular flexibility index (Phi) is 2.63. The van der Waals surface area contributed by atoms with E-state index >= 15 is 0 Å². The van der Waals surface area contributed by atoms with Gasteiger partial charge in [-0.05, 0) is 7.11 Å².